The summed E-state index contributed by atoms with van der Waals surface area (Å²) in [6, 6.07) is 8.23. The molecule has 5 nitrogen and oxygen atoms in total. The average Bonchev–Trinajstić information content (AvgIpc) is 3.04. The number of hydrogen-bond acceptors (Lipinski definition) is 4. The largest absolute Gasteiger partial charge is 0.341 e. The fourth-order valence-electron chi connectivity index (χ4n) is 3.13. The van der Waals surface area contributed by atoms with Gasteiger partial charge in [0.05, 0.1) is 0 Å². The summed E-state index contributed by atoms with van der Waals surface area (Å²) in [5.74, 6) is 1.42. The molecule has 3 aromatic heterocycles. The number of aromatic nitrogens is 4. The van der Waals surface area contributed by atoms with Crippen LogP contribution < -0.4 is 4.90 Å². The van der Waals surface area contributed by atoms with Crippen molar-refractivity contribution in [2.24, 2.45) is 0 Å². The molecule has 0 radical (unpaired) electrons. The molecule has 0 bridgehead atoms. The highest BCUT2D eigenvalue weighted by Crippen LogP contribution is 2.29. The van der Waals surface area contributed by atoms with Gasteiger partial charge in [0, 0.05) is 49.5 Å². The lowest BCUT2D eigenvalue weighted by Gasteiger charge is -2.32. The second-order valence-electron chi connectivity index (χ2n) is 5.42. The van der Waals surface area contributed by atoms with Gasteiger partial charge >= 0.3 is 0 Å². The average molecular weight is 279 g/mol. The Morgan fingerprint density at radius 2 is 1.71 bits per heavy atom. The quantitative estimate of drug-likeness (QED) is 0.723. The minimum Gasteiger partial charge on any atom is -0.341 e. The van der Waals surface area contributed by atoms with Crippen LogP contribution >= 0.6 is 0 Å². The smallest absolute Gasteiger partial charge is 0.225 e. The van der Waals surface area contributed by atoms with E-state index in [0.29, 0.717) is 5.92 Å². The van der Waals surface area contributed by atoms with Crippen molar-refractivity contribution in [2.45, 2.75) is 18.8 Å². The molecule has 1 aliphatic rings. The zero-order valence-electron chi connectivity index (χ0n) is 11.8. The van der Waals surface area contributed by atoms with E-state index in [-0.39, 0.29) is 0 Å². The molecule has 1 fully saturated rings. The maximum Gasteiger partial charge on any atom is 0.225 e. The summed E-state index contributed by atoms with van der Waals surface area (Å²) in [6.07, 6.45) is 9.77. The third-order valence-corrected chi connectivity index (χ3v) is 4.21. The summed E-state index contributed by atoms with van der Waals surface area (Å²) in [7, 11) is 0. The summed E-state index contributed by atoms with van der Waals surface area (Å²) >= 11 is 0. The molecule has 0 atom stereocenters. The van der Waals surface area contributed by atoms with E-state index < -0.39 is 0 Å². The molecule has 106 valence electrons. The van der Waals surface area contributed by atoms with Crippen molar-refractivity contribution in [3.8, 4) is 0 Å². The molecule has 0 amide bonds. The highest BCUT2D eigenvalue weighted by Gasteiger charge is 2.23. The van der Waals surface area contributed by atoms with E-state index in [1.54, 1.807) is 12.4 Å². The molecule has 4 heterocycles. The number of fused-ring (bicyclic) bond motifs is 1. The Morgan fingerprint density at radius 3 is 2.52 bits per heavy atom. The fourth-order valence-corrected chi connectivity index (χ4v) is 3.13. The van der Waals surface area contributed by atoms with Crippen molar-refractivity contribution in [3.05, 3.63) is 54.7 Å². The van der Waals surface area contributed by atoms with Crippen LogP contribution in [-0.2, 0) is 0 Å². The molecule has 0 aliphatic carbocycles. The molecule has 0 spiro atoms. The predicted octanol–water partition coefficient (Wildman–Crippen LogP) is 2.51. The van der Waals surface area contributed by atoms with Gasteiger partial charge in [0.15, 0.2) is 0 Å². The third-order valence-electron chi connectivity index (χ3n) is 4.21. The fraction of sp³-hybridized carbons (Fsp3) is 0.312. The number of nitrogens with zero attached hydrogens (tertiary/aromatic N) is 5. The molecule has 0 saturated carbocycles. The van der Waals surface area contributed by atoms with Gasteiger partial charge in [-0.2, -0.15) is 0 Å². The molecule has 0 unspecified atom stereocenters. The summed E-state index contributed by atoms with van der Waals surface area (Å²) in [6.45, 7) is 2.00. The van der Waals surface area contributed by atoms with Crippen molar-refractivity contribution in [3.63, 3.8) is 0 Å². The van der Waals surface area contributed by atoms with Gasteiger partial charge in [-0.05, 0) is 31.0 Å². The molecule has 5 heteroatoms. The first kappa shape index (κ1) is 12.3. The minimum absolute atomic E-state index is 0.572. The Kier molecular flexibility index (Phi) is 3.03. The van der Waals surface area contributed by atoms with E-state index in [2.05, 4.69) is 48.6 Å². The first-order chi connectivity index (χ1) is 10.4. The summed E-state index contributed by atoms with van der Waals surface area (Å²) in [5, 5.41) is 0. The molecule has 0 N–H and O–H groups in total. The van der Waals surface area contributed by atoms with Gasteiger partial charge in [-0.3, -0.25) is 0 Å². The van der Waals surface area contributed by atoms with E-state index >= 15 is 0 Å². The van der Waals surface area contributed by atoms with Crippen LogP contribution in [0.3, 0.4) is 0 Å². The zero-order valence-corrected chi connectivity index (χ0v) is 11.8. The second-order valence-corrected chi connectivity index (χ2v) is 5.42. The number of hydrogen-bond donors (Lipinski definition) is 0. The predicted molar refractivity (Wildman–Crippen MR) is 81.4 cm³/mol. The molecule has 0 aromatic carbocycles. The van der Waals surface area contributed by atoms with Crippen LogP contribution in [0, 0.1) is 0 Å². The lowest BCUT2D eigenvalue weighted by molar-refractivity contribution is 0.487. The number of pyridine rings is 1. The second kappa shape index (κ2) is 5.16. The molecule has 1 saturated heterocycles. The highest BCUT2D eigenvalue weighted by molar-refractivity contribution is 5.41. The van der Waals surface area contributed by atoms with E-state index in [1.807, 2.05) is 12.3 Å². The highest BCUT2D eigenvalue weighted by atomic mass is 15.2. The summed E-state index contributed by atoms with van der Waals surface area (Å²) < 4.78 is 2.21. The minimum atomic E-state index is 0.572. The lowest BCUT2D eigenvalue weighted by atomic mass is 9.93. The lowest BCUT2D eigenvalue weighted by Crippen LogP contribution is -2.34. The summed E-state index contributed by atoms with van der Waals surface area (Å²) in [5.41, 5.74) is 2.39. The van der Waals surface area contributed by atoms with Gasteiger partial charge < -0.3 is 9.30 Å². The van der Waals surface area contributed by atoms with Crippen LogP contribution in [0.15, 0.2) is 49.1 Å². The summed E-state index contributed by atoms with van der Waals surface area (Å²) in [4.78, 5) is 15.3. The Labute approximate surface area is 123 Å². The monoisotopic (exact) mass is 279 g/mol. The van der Waals surface area contributed by atoms with Crippen LogP contribution in [-0.4, -0.2) is 32.4 Å². The van der Waals surface area contributed by atoms with Crippen molar-refractivity contribution >= 4 is 11.6 Å². The Balaban J connectivity index is 1.54. The first-order valence-corrected chi connectivity index (χ1v) is 7.36. The van der Waals surface area contributed by atoms with E-state index in [1.165, 1.54) is 5.69 Å². The normalized spacial score (nSPS) is 16.5. The van der Waals surface area contributed by atoms with Crippen molar-refractivity contribution < 1.29 is 0 Å². The molecule has 21 heavy (non-hydrogen) atoms. The molecule has 1 aliphatic heterocycles. The van der Waals surface area contributed by atoms with Crippen LogP contribution in [0.25, 0.3) is 5.65 Å². The van der Waals surface area contributed by atoms with Crippen molar-refractivity contribution in [1.82, 2.24) is 19.4 Å². The van der Waals surface area contributed by atoms with Gasteiger partial charge in [-0.1, -0.05) is 6.07 Å². The Hall–Kier alpha value is -2.43. The van der Waals surface area contributed by atoms with Gasteiger partial charge in [0.1, 0.15) is 5.65 Å². The number of rotatable bonds is 2. The first-order valence-electron chi connectivity index (χ1n) is 7.36. The molecule has 4 rings (SSSR count). The van der Waals surface area contributed by atoms with Crippen LogP contribution in [0.1, 0.15) is 24.5 Å². The number of imidazole rings is 1. The molecular formula is C16H17N5. The maximum absolute atomic E-state index is 4.37. The maximum atomic E-state index is 4.37. The van der Waals surface area contributed by atoms with Crippen LogP contribution in [0.2, 0.25) is 0 Å². The van der Waals surface area contributed by atoms with Gasteiger partial charge in [0.25, 0.3) is 0 Å². The van der Waals surface area contributed by atoms with Gasteiger partial charge in [0.2, 0.25) is 5.95 Å². The van der Waals surface area contributed by atoms with E-state index in [0.717, 1.165) is 37.5 Å². The molecular weight excluding hydrogens is 262 g/mol. The SMILES string of the molecule is c1cnc(N2CCC(c3cccc4nccn34)CC2)nc1. The zero-order chi connectivity index (χ0) is 14.1. The van der Waals surface area contributed by atoms with E-state index in [9.17, 15) is 0 Å². The topological polar surface area (TPSA) is 46.3 Å². The standard InChI is InChI=1S/C16H17N5/c1-3-14(21-12-9-17-15(21)4-1)13-5-10-20(11-6-13)16-18-7-2-8-19-16/h1-4,7-9,12-13H,5-6,10-11H2. The third kappa shape index (κ3) is 2.24. The molecule has 3 aromatic rings. The van der Waals surface area contributed by atoms with Crippen LogP contribution in [0.5, 0.6) is 0 Å². The van der Waals surface area contributed by atoms with Gasteiger partial charge in [-0.25, -0.2) is 15.0 Å². The Morgan fingerprint density at radius 1 is 0.905 bits per heavy atom. The number of anilines is 1. The van der Waals surface area contributed by atoms with E-state index in [4.69, 9.17) is 0 Å². The van der Waals surface area contributed by atoms with Crippen molar-refractivity contribution in [2.75, 3.05) is 18.0 Å². The number of piperidine rings is 1. The Bertz CT molecular complexity index is 729. The van der Waals surface area contributed by atoms with Crippen LogP contribution in [0.4, 0.5) is 5.95 Å². The van der Waals surface area contributed by atoms with Gasteiger partial charge in [-0.15, -0.1) is 0 Å². The van der Waals surface area contributed by atoms with Crippen molar-refractivity contribution in [1.29, 1.82) is 0 Å².